The Hall–Kier alpha value is -1.55. The van der Waals surface area contributed by atoms with E-state index in [0.717, 1.165) is 12.0 Å². The molecule has 2 N–H and O–H groups in total. The van der Waals surface area contributed by atoms with E-state index in [1.54, 1.807) is 6.07 Å². The maximum absolute atomic E-state index is 11.6. The summed E-state index contributed by atoms with van der Waals surface area (Å²) < 4.78 is 5.51. The molecule has 1 rings (SSSR count). The second-order valence-electron chi connectivity index (χ2n) is 5.28. The normalized spacial score (nSPS) is 12.2. The van der Waals surface area contributed by atoms with Gasteiger partial charge in [0.1, 0.15) is 5.75 Å². The summed E-state index contributed by atoms with van der Waals surface area (Å²) in [5.74, 6) is 1.00. The van der Waals surface area contributed by atoms with Crippen molar-refractivity contribution in [3.05, 3.63) is 29.8 Å². The third-order valence-electron chi connectivity index (χ3n) is 3.07. The molecule has 4 heteroatoms. The topological polar surface area (TPSA) is 58.6 Å². The van der Waals surface area contributed by atoms with Crippen LogP contribution in [-0.4, -0.2) is 24.2 Å². The van der Waals surface area contributed by atoms with Crippen LogP contribution < -0.4 is 10.1 Å². The Kier molecular flexibility index (Phi) is 7.09. The molecule has 0 spiro atoms. The Morgan fingerprint density at radius 2 is 2.05 bits per heavy atom. The van der Waals surface area contributed by atoms with E-state index < -0.39 is 6.10 Å². The lowest BCUT2D eigenvalue weighted by Gasteiger charge is -2.15. The number of para-hydroxylation sites is 1. The van der Waals surface area contributed by atoms with E-state index in [9.17, 15) is 9.90 Å². The van der Waals surface area contributed by atoms with Crippen molar-refractivity contribution in [2.75, 3.05) is 13.2 Å². The molecule has 4 nitrogen and oxygen atoms in total. The van der Waals surface area contributed by atoms with Crippen molar-refractivity contribution in [3.63, 3.8) is 0 Å². The van der Waals surface area contributed by atoms with E-state index in [2.05, 4.69) is 19.2 Å². The molecule has 0 bridgehead atoms. The molecule has 0 radical (unpaired) electrons. The zero-order valence-electron chi connectivity index (χ0n) is 12.6. The number of nitrogens with one attached hydrogen (secondary N) is 1. The molecule has 112 valence electrons. The van der Waals surface area contributed by atoms with Gasteiger partial charge in [-0.2, -0.15) is 0 Å². The van der Waals surface area contributed by atoms with Crippen LogP contribution in [0.2, 0.25) is 0 Å². The third kappa shape index (κ3) is 5.61. The molecular weight excluding hydrogens is 254 g/mol. The molecule has 0 aliphatic rings. The van der Waals surface area contributed by atoms with Gasteiger partial charge < -0.3 is 15.2 Å². The number of ether oxygens (including phenoxy) is 1. The van der Waals surface area contributed by atoms with E-state index in [1.165, 1.54) is 0 Å². The SMILES string of the molecule is CC[C@H](O)c1ccccc1OCC(=O)NCCC(C)C. The first kappa shape index (κ1) is 16.5. The quantitative estimate of drug-likeness (QED) is 0.769. The van der Waals surface area contributed by atoms with Gasteiger partial charge in [-0.1, -0.05) is 39.0 Å². The number of aliphatic hydroxyl groups is 1. The Morgan fingerprint density at radius 1 is 1.35 bits per heavy atom. The molecule has 0 saturated heterocycles. The van der Waals surface area contributed by atoms with Gasteiger partial charge >= 0.3 is 0 Å². The largest absolute Gasteiger partial charge is 0.483 e. The van der Waals surface area contributed by atoms with Gasteiger partial charge in [0.15, 0.2) is 6.61 Å². The van der Waals surface area contributed by atoms with Crippen LogP contribution in [0.5, 0.6) is 5.75 Å². The van der Waals surface area contributed by atoms with E-state index in [-0.39, 0.29) is 12.5 Å². The van der Waals surface area contributed by atoms with Crippen molar-refractivity contribution in [2.24, 2.45) is 5.92 Å². The maximum atomic E-state index is 11.6. The minimum Gasteiger partial charge on any atom is -0.483 e. The minimum atomic E-state index is -0.560. The van der Waals surface area contributed by atoms with Gasteiger partial charge in [-0.15, -0.1) is 0 Å². The van der Waals surface area contributed by atoms with Crippen LogP contribution in [0.1, 0.15) is 45.3 Å². The van der Waals surface area contributed by atoms with Crippen molar-refractivity contribution in [3.8, 4) is 5.75 Å². The van der Waals surface area contributed by atoms with Gasteiger partial charge in [0.25, 0.3) is 5.91 Å². The highest BCUT2D eigenvalue weighted by Gasteiger charge is 2.12. The molecular formula is C16H25NO3. The predicted molar refractivity (Wildman–Crippen MR) is 79.7 cm³/mol. The monoisotopic (exact) mass is 279 g/mol. The lowest BCUT2D eigenvalue weighted by atomic mass is 10.1. The van der Waals surface area contributed by atoms with Crippen molar-refractivity contribution in [2.45, 2.75) is 39.7 Å². The number of benzene rings is 1. The number of hydrogen-bond donors (Lipinski definition) is 2. The fourth-order valence-electron chi connectivity index (χ4n) is 1.80. The lowest BCUT2D eigenvalue weighted by molar-refractivity contribution is -0.123. The van der Waals surface area contributed by atoms with Crippen molar-refractivity contribution < 1.29 is 14.6 Å². The summed E-state index contributed by atoms with van der Waals surface area (Å²) in [6, 6.07) is 7.28. The van der Waals surface area contributed by atoms with Gasteiger partial charge in [-0.25, -0.2) is 0 Å². The Bertz CT molecular complexity index is 418. The molecule has 0 aromatic heterocycles. The molecule has 1 atom stereocenters. The average molecular weight is 279 g/mol. The minimum absolute atomic E-state index is 0.0223. The summed E-state index contributed by atoms with van der Waals surface area (Å²) in [7, 11) is 0. The van der Waals surface area contributed by atoms with Gasteiger partial charge in [-0.3, -0.25) is 4.79 Å². The first-order valence-electron chi connectivity index (χ1n) is 7.21. The molecule has 0 saturated carbocycles. The highest BCUT2D eigenvalue weighted by atomic mass is 16.5. The van der Waals surface area contributed by atoms with Crippen LogP contribution in [-0.2, 0) is 4.79 Å². The molecule has 0 aliphatic heterocycles. The van der Waals surface area contributed by atoms with Gasteiger partial charge in [-0.05, 0) is 24.8 Å². The number of carbonyl (C=O) groups excluding carboxylic acids is 1. The molecule has 0 aliphatic carbocycles. The summed E-state index contributed by atoms with van der Waals surface area (Å²) in [6.45, 7) is 6.78. The zero-order valence-corrected chi connectivity index (χ0v) is 12.6. The smallest absolute Gasteiger partial charge is 0.257 e. The standard InChI is InChI=1S/C16H25NO3/c1-4-14(18)13-7-5-6-8-15(13)20-11-16(19)17-10-9-12(2)3/h5-8,12,14,18H,4,9-11H2,1-3H3,(H,17,19)/t14-/m0/s1. The van der Waals surface area contributed by atoms with Crippen LogP contribution in [0, 0.1) is 5.92 Å². The predicted octanol–water partition coefficient (Wildman–Crippen LogP) is 2.67. The number of amides is 1. The summed E-state index contributed by atoms with van der Waals surface area (Å²) >= 11 is 0. The fraction of sp³-hybridized carbons (Fsp3) is 0.562. The van der Waals surface area contributed by atoms with Crippen LogP contribution in [0.3, 0.4) is 0 Å². The highest BCUT2D eigenvalue weighted by molar-refractivity contribution is 5.77. The van der Waals surface area contributed by atoms with Crippen LogP contribution in [0.4, 0.5) is 0 Å². The summed E-state index contributed by atoms with van der Waals surface area (Å²) in [5.41, 5.74) is 0.727. The molecule has 1 amide bonds. The van der Waals surface area contributed by atoms with Crippen LogP contribution in [0.25, 0.3) is 0 Å². The number of carbonyl (C=O) groups is 1. The number of aliphatic hydroxyl groups excluding tert-OH is 1. The third-order valence-corrected chi connectivity index (χ3v) is 3.07. The van der Waals surface area contributed by atoms with Crippen LogP contribution in [0.15, 0.2) is 24.3 Å². The van der Waals surface area contributed by atoms with E-state index in [4.69, 9.17) is 4.74 Å². The van der Waals surface area contributed by atoms with E-state index >= 15 is 0 Å². The second-order valence-corrected chi connectivity index (χ2v) is 5.28. The van der Waals surface area contributed by atoms with Crippen molar-refractivity contribution in [1.29, 1.82) is 0 Å². The summed E-state index contributed by atoms with van der Waals surface area (Å²) in [4.78, 5) is 11.6. The number of hydrogen-bond acceptors (Lipinski definition) is 3. The van der Waals surface area contributed by atoms with Crippen molar-refractivity contribution in [1.82, 2.24) is 5.32 Å². The fourth-order valence-corrected chi connectivity index (χ4v) is 1.80. The first-order valence-corrected chi connectivity index (χ1v) is 7.21. The highest BCUT2D eigenvalue weighted by Crippen LogP contribution is 2.26. The Balaban J connectivity index is 2.47. The molecule has 1 aromatic carbocycles. The van der Waals surface area contributed by atoms with Crippen LogP contribution >= 0.6 is 0 Å². The Labute approximate surface area is 121 Å². The maximum Gasteiger partial charge on any atom is 0.257 e. The van der Waals surface area contributed by atoms with E-state index in [0.29, 0.717) is 24.6 Å². The van der Waals surface area contributed by atoms with E-state index in [1.807, 2.05) is 25.1 Å². The van der Waals surface area contributed by atoms with Gasteiger partial charge in [0.05, 0.1) is 6.10 Å². The molecule has 0 heterocycles. The lowest BCUT2D eigenvalue weighted by Crippen LogP contribution is -2.30. The van der Waals surface area contributed by atoms with Gasteiger partial charge in [0.2, 0.25) is 0 Å². The molecule has 1 aromatic rings. The molecule has 20 heavy (non-hydrogen) atoms. The van der Waals surface area contributed by atoms with Gasteiger partial charge in [0, 0.05) is 12.1 Å². The van der Waals surface area contributed by atoms with Crippen molar-refractivity contribution >= 4 is 5.91 Å². The summed E-state index contributed by atoms with van der Waals surface area (Å²) in [6.07, 6.45) is 1.01. The average Bonchev–Trinajstić information content (AvgIpc) is 2.44. The molecule has 0 unspecified atom stereocenters. The zero-order chi connectivity index (χ0) is 15.0. The Morgan fingerprint density at radius 3 is 2.70 bits per heavy atom. The first-order chi connectivity index (χ1) is 9.54. The number of rotatable bonds is 8. The molecule has 0 fully saturated rings. The second kappa shape index (κ2) is 8.59. The summed E-state index contributed by atoms with van der Waals surface area (Å²) in [5, 5.41) is 12.7.